The SMILES string of the molecule is CN(C)c1nc2cc(C(=O)NCCCn3ccnc3)sc2n1-c1ccc(Br)cc1. The monoisotopic (exact) mass is 472 g/mol. The Morgan fingerprint density at radius 1 is 1.28 bits per heavy atom. The van der Waals surface area contributed by atoms with Gasteiger partial charge in [-0.2, -0.15) is 0 Å². The second-order valence-electron chi connectivity index (χ2n) is 6.83. The van der Waals surface area contributed by atoms with Gasteiger partial charge in [0.05, 0.1) is 11.2 Å². The van der Waals surface area contributed by atoms with E-state index in [1.165, 1.54) is 11.3 Å². The molecule has 150 valence electrons. The molecule has 0 bridgehead atoms. The second kappa shape index (κ2) is 8.38. The van der Waals surface area contributed by atoms with Gasteiger partial charge >= 0.3 is 0 Å². The van der Waals surface area contributed by atoms with Crippen molar-refractivity contribution >= 4 is 49.5 Å². The molecular formula is C20H21BrN6OS. The lowest BCUT2D eigenvalue weighted by Crippen LogP contribution is -2.24. The van der Waals surface area contributed by atoms with Crippen LogP contribution in [0.3, 0.4) is 0 Å². The Bertz CT molecular complexity index is 1110. The van der Waals surface area contributed by atoms with Gasteiger partial charge in [0.2, 0.25) is 5.95 Å². The van der Waals surface area contributed by atoms with Crippen molar-refractivity contribution in [2.24, 2.45) is 0 Å². The maximum absolute atomic E-state index is 12.6. The van der Waals surface area contributed by atoms with Crippen molar-refractivity contribution in [2.75, 3.05) is 25.5 Å². The number of benzene rings is 1. The van der Waals surface area contributed by atoms with Crippen LogP contribution in [0.5, 0.6) is 0 Å². The van der Waals surface area contributed by atoms with Crippen molar-refractivity contribution in [3.63, 3.8) is 0 Å². The number of imidazole rings is 2. The molecule has 0 fully saturated rings. The molecule has 29 heavy (non-hydrogen) atoms. The van der Waals surface area contributed by atoms with Crippen molar-refractivity contribution in [3.05, 3.63) is 58.4 Å². The maximum atomic E-state index is 12.6. The summed E-state index contributed by atoms with van der Waals surface area (Å²) in [5.41, 5.74) is 1.83. The topological polar surface area (TPSA) is 68.0 Å². The van der Waals surface area contributed by atoms with E-state index < -0.39 is 0 Å². The molecule has 0 aliphatic rings. The fourth-order valence-corrected chi connectivity index (χ4v) is 4.36. The van der Waals surface area contributed by atoms with E-state index in [1.54, 1.807) is 12.5 Å². The highest BCUT2D eigenvalue weighted by Gasteiger charge is 2.19. The first-order valence-electron chi connectivity index (χ1n) is 9.22. The van der Waals surface area contributed by atoms with Gasteiger partial charge in [-0.1, -0.05) is 15.9 Å². The van der Waals surface area contributed by atoms with Gasteiger partial charge in [-0.05, 0) is 36.8 Å². The fraction of sp³-hybridized carbons (Fsp3) is 0.250. The zero-order chi connectivity index (χ0) is 20.4. The van der Waals surface area contributed by atoms with Crippen molar-refractivity contribution in [3.8, 4) is 5.69 Å². The van der Waals surface area contributed by atoms with Gasteiger partial charge in [-0.15, -0.1) is 11.3 Å². The van der Waals surface area contributed by atoms with Gasteiger partial charge in [0.25, 0.3) is 5.91 Å². The Balaban J connectivity index is 1.54. The number of amides is 1. The molecule has 0 radical (unpaired) electrons. The van der Waals surface area contributed by atoms with Crippen molar-refractivity contribution in [1.29, 1.82) is 0 Å². The number of aromatic nitrogens is 4. The highest BCUT2D eigenvalue weighted by atomic mass is 79.9. The zero-order valence-electron chi connectivity index (χ0n) is 16.2. The van der Waals surface area contributed by atoms with E-state index in [0.29, 0.717) is 11.4 Å². The molecule has 0 unspecified atom stereocenters. The second-order valence-corrected chi connectivity index (χ2v) is 8.78. The van der Waals surface area contributed by atoms with E-state index in [2.05, 4.69) is 30.8 Å². The summed E-state index contributed by atoms with van der Waals surface area (Å²) in [5, 5.41) is 3.00. The first-order chi connectivity index (χ1) is 14.0. The first kappa shape index (κ1) is 19.7. The molecule has 0 saturated heterocycles. The Labute approximate surface area is 181 Å². The molecule has 0 spiro atoms. The summed E-state index contributed by atoms with van der Waals surface area (Å²) in [4.78, 5) is 25.0. The van der Waals surface area contributed by atoms with Crippen LogP contribution in [-0.4, -0.2) is 45.6 Å². The number of hydrogen-bond donors (Lipinski definition) is 1. The number of rotatable bonds is 7. The predicted molar refractivity (Wildman–Crippen MR) is 120 cm³/mol. The normalized spacial score (nSPS) is 11.1. The summed E-state index contributed by atoms with van der Waals surface area (Å²) in [6, 6.07) is 9.94. The summed E-state index contributed by atoms with van der Waals surface area (Å²) in [5.74, 6) is 0.772. The molecule has 1 amide bonds. The van der Waals surface area contributed by atoms with Crippen LogP contribution in [0.2, 0.25) is 0 Å². The van der Waals surface area contributed by atoms with Gasteiger partial charge in [-0.25, -0.2) is 9.97 Å². The van der Waals surface area contributed by atoms with Crippen molar-refractivity contribution < 1.29 is 4.79 Å². The summed E-state index contributed by atoms with van der Waals surface area (Å²) in [7, 11) is 3.93. The summed E-state index contributed by atoms with van der Waals surface area (Å²) < 4.78 is 5.10. The Kier molecular flexibility index (Phi) is 5.68. The number of anilines is 1. The van der Waals surface area contributed by atoms with Crippen LogP contribution in [0.15, 0.2) is 53.5 Å². The third-order valence-corrected chi connectivity index (χ3v) is 6.10. The maximum Gasteiger partial charge on any atom is 0.261 e. The van der Waals surface area contributed by atoms with E-state index in [9.17, 15) is 4.79 Å². The molecule has 0 aliphatic heterocycles. The number of fused-ring (bicyclic) bond motifs is 1. The predicted octanol–water partition coefficient (Wildman–Crippen LogP) is 3.93. The minimum atomic E-state index is -0.0626. The van der Waals surface area contributed by atoms with Gasteiger partial charge in [0.15, 0.2) is 0 Å². The quantitative estimate of drug-likeness (QED) is 0.413. The molecule has 0 saturated carbocycles. The lowest BCUT2D eigenvalue weighted by molar-refractivity contribution is 0.0957. The van der Waals surface area contributed by atoms with Crippen LogP contribution >= 0.6 is 27.3 Å². The molecule has 9 heteroatoms. The molecule has 3 heterocycles. The minimum absolute atomic E-state index is 0.0626. The van der Waals surface area contributed by atoms with E-state index in [1.807, 2.05) is 60.1 Å². The highest BCUT2D eigenvalue weighted by molar-refractivity contribution is 9.10. The zero-order valence-corrected chi connectivity index (χ0v) is 18.6. The average Bonchev–Trinajstić information content (AvgIpc) is 3.41. The smallest absolute Gasteiger partial charge is 0.261 e. The van der Waals surface area contributed by atoms with Crippen molar-refractivity contribution in [2.45, 2.75) is 13.0 Å². The van der Waals surface area contributed by atoms with Gasteiger partial charge < -0.3 is 14.8 Å². The molecule has 1 N–H and O–H groups in total. The number of halogens is 1. The molecule has 4 aromatic rings. The standard InChI is InChI=1S/C20H21BrN6OS/c1-25(2)20-24-16-12-17(18(28)23-8-3-10-26-11-9-22-13-26)29-19(16)27(20)15-6-4-14(21)5-7-15/h4-7,9,11-13H,3,8,10H2,1-2H3,(H,23,28). The Morgan fingerprint density at radius 3 is 2.76 bits per heavy atom. The van der Waals surface area contributed by atoms with E-state index in [4.69, 9.17) is 4.98 Å². The summed E-state index contributed by atoms with van der Waals surface area (Å²) >= 11 is 4.94. The molecular weight excluding hydrogens is 452 g/mol. The van der Waals surface area contributed by atoms with Crippen molar-refractivity contribution in [1.82, 2.24) is 24.4 Å². The van der Waals surface area contributed by atoms with E-state index in [-0.39, 0.29) is 5.91 Å². The van der Waals surface area contributed by atoms with Crippen LogP contribution in [-0.2, 0) is 6.54 Å². The minimum Gasteiger partial charge on any atom is -0.351 e. The summed E-state index contributed by atoms with van der Waals surface area (Å²) in [6.07, 6.45) is 6.30. The highest BCUT2D eigenvalue weighted by Crippen LogP contribution is 2.33. The molecule has 0 aliphatic carbocycles. The van der Waals surface area contributed by atoms with E-state index >= 15 is 0 Å². The molecule has 7 nitrogen and oxygen atoms in total. The average molecular weight is 473 g/mol. The number of aryl methyl sites for hydroxylation is 1. The molecule has 1 aromatic carbocycles. The first-order valence-corrected chi connectivity index (χ1v) is 10.8. The molecule has 4 rings (SSSR count). The van der Waals surface area contributed by atoms with E-state index in [0.717, 1.165) is 39.4 Å². The number of nitrogens with one attached hydrogen (secondary N) is 1. The van der Waals surface area contributed by atoms with Crippen LogP contribution in [0.25, 0.3) is 16.0 Å². The van der Waals surface area contributed by atoms with Gasteiger partial charge in [0, 0.05) is 49.7 Å². The van der Waals surface area contributed by atoms with Crippen LogP contribution in [0, 0.1) is 0 Å². The lowest BCUT2D eigenvalue weighted by Gasteiger charge is -2.14. The largest absolute Gasteiger partial charge is 0.351 e. The number of nitrogens with zero attached hydrogens (tertiary/aromatic N) is 5. The third kappa shape index (κ3) is 4.20. The third-order valence-electron chi connectivity index (χ3n) is 4.46. The Morgan fingerprint density at radius 2 is 2.07 bits per heavy atom. The van der Waals surface area contributed by atoms with Crippen LogP contribution < -0.4 is 10.2 Å². The number of carbonyl (C=O) groups excluding carboxylic acids is 1. The molecule has 3 aromatic heterocycles. The van der Waals surface area contributed by atoms with Crippen LogP contribution in [0.1, 0.15) is 16.1 Å². The Hall–Kier alpha value is -2.65. The van der Waals surface area contributed by atoms with Gasteiger partial charge in [0.1, 0.15) is 10.3 Å². The number of thiophene rings is 1. The lowest BCUT2D eigenvalue weighted by atomic mass is 10.3. The number of carbonyl (C=O) groups is 1. The molecule has 0 atom stereocenters. The van der Waals surface area contributed by atoms with Gasteiger partial charge in [-0.3, -0.25) is 9.36 Å². The number of hydrogen-bond acceptors (Lipinski definition) is 5. The summed E-state index contributed by atoms with van der Waals surface area (Å²) in [6.45, 7) is 1.44. The van der Waals surface area contributed by atoms with Crippen LogP contribution in [0.4, 0.5) is 5.95 Å². The fourth-order valence-electron chi connectivity index (χ4n) is 3.07.